The number of ether oxygens (including phenoxy) is 1. The number of likely N-dealkylation sites (N-methyl/N-ethyl adjacent to an activating group) is 1. The minimum absolute atomic E-state index is 0.408. The highest BCUT2D eigenvalue weighted by Crippen LogP contribution is 2.40. The third kappa shape index (κ3) is 6.18. The van der Waals surface area contributed by atoms with Crippen molar-refractivity contribution in [1.82, 2.24) is 29.4 Å². The van der Waals surface area contributed by atoms with Gasteiger partial charge in [0.05, 0.1) is 34.7 Å². The molecule has 2 aliphatic rings. The van der Waals surface area contributed by atoms with Gasteiger partial charge in [-0.15, -0.1) is 0 Å². The van der Waals surface area contributed by atoms with Crippen molar-refractivity contribution in [2.45, 2.75) is 31.8 Å². The molecular formula is C31H41BrN9O2P. The fourth-order valence-electron chi connectivity index (χ4n) is 6.22. The predicted molar refractivity (Wildman–Crippen MR) is 183 cm³/mol. The molecule has 0 atom stereocenters. The lowest BCUT2D eigenvalue weighted by Gasteiger charge is -2.49. The second-order valence-corrected chi connectivity index (χ2v) is 16.3. The van der Waals surface area contributed by atoms with Crippen LogP contribution in [0.3, 0.4) is 0 Å². The van der Waals surface area contributed by atoms with Crippen LogP contribution < -0.4 is 25.7 Å². The Morgan fingerprint density at radius 1 is 1.07 bits per heavy atom. The Hall–Kier alpha value is -3.18. The van der Waals surface area contributed by atoms with Gasteiger partial charge >= 0.3 is 0 Å². The van der Waals surface area contributed by atoms with Gasteiger partial charge < -0.3 is 29.7 Å². The van der Waals surface area contributed by atoms with Gasteiger partial charge in [-0.3, -0.25) is 4.90 Å². The normalized spacial score (nSPS) is 16.9. The number of pyridine rings is 1. The zero-order chi connectivity index (χ0) is 31.2. The highest BCUT2D eigenvalue weighted by molar-refractivity contribution is 9.10. The van der Waals surface area contributed by atoms with Crippen molar-refractivity contribution < 1.29 is 9.30 Å². The van der Waals surface area contributed by atoms with E-state index in [9.17, 15) is 4.57 Å². The van der Waals surface area contributed by atoms with E-state index in [0.29, 0.717) is 39.4 Å². The summed E-state index contributed by atoms with van der Waals surface area (Å²) < 4.78 is 21.5. The number of hydrogen-bond acceptors (Lipinski definition) is 10. The Bertz CT molecular complexity index is 1710. The molecule has 234 valence electrons. The molecule has 2 aliphatic heterocycles. The number of halogens is 1. The van der Waals surface area contributed by atoms with Crippen molar-refractivity contribution in [2.24, 2.45) is 0 Å². The zero-order valence-electron chi connectivity index (χ0n) is 26.2. The monoisotopic (exact) mass is 681 g/mol. The Labute approximate surface area is 267 Å². The number of fused-ring (bicyclic) bond motifs is 1. The summed E-state index contributed by atoms with van der Waals surface area (Å²) in [4.78, 5) is 16.7. The molecule has 3 aromatic heterocycles. The zero-order valence-corrected chi connectivity index (χ0v) is 28.7. The smallest absolute Gasteiger partial charge is 0.229 e. The fourth-order valence-corrected chi connectivity index (χ4v) is 7.85. The minimum atomic E-state index is -2.69. The number of hydrogen-bond donors (Lipinski definition) is 2. The maximum absolute atomic E-state index is 13.3. The van der Waals surface area contributed by atoms with Crippen LogP contribution in [0, 0.1) is 6.92 Å². The molecule has 0 unspecified atom stereocenters. The third-order valence-corrected chi connectivity index (χ3v) is 10.8. The Kier molecular flexibility index (Phi) is 8.63. The van der Waals surface area contributed by atoms with E-state index in [1.54, 1.807) is 37.3 Å². The molecule has 0 amide bonds. The first-order valence-corrected chi connectivity index (χ1v) is 18.3. The number of nitrogens with one attached hydrogen (secondary N) is 2. The van der Waals surface area contributed by atoms with Gasteiger partial charge in [-0.2, -0.15) is 10.1 Å². The van der Waals surface area contributed by atoms with Crippen molar-refractivity contribution in [3.8, 4) is 5.75 Å². The van der Waals surface area contributed by atoms with Crippen LogP contribution in [-0.2, 0) is 4.57 Å². The van der Waals surface area contributed by atoms with E-state index < -0.39 is 7.14 Å². The van der Waals surface area contributed by atoms with E-state index in [1.807, 2.05) is 18.2 Å². The van der Waals surface area contributed by atoms with Gasteiger partial charge in [-0.1, -0.05) is 0 Å². The summed E-state index contributed by atoms with van der Waals surface area (Å²) in [5.41, 5.74) is 5.33. The van der Waals surface area contributed by atoms with Crippen molar-refractivity contribution >= 4 is 62.9 Å². The first-order valence-electron chi connectivity index (χ1n) is 14.9. The lowest BCUT2D eigenvalue weighted by molar-refractivity contribution is 0.0188. The Morgan fingerprint density at radius 3 is 2.50 bits per heavy atom. The van der Waals surface area contributed by atoms with E-state index in [-0.39, 0.29) is 0 Å². The standard InChI is InChI=1S/C31H41BrN9O2P/c1-20-15-26(28(43-4)16-27(20)39-13-10-21(11-14-39)40-18-23(19-40)38(2)3)36-31-33-17-24(32)29(37-31)35-25-8-7-22-9-12-34-41(22)30(25)44(5,6)42/h7-9,12,15-17,21,23H,10-11,13-14,18-19H2,1-6H3,(H2,33,35,36,37). The van der Waals surface area contributed by atoms with Gasteiger partial charge in [0.1, 0.15) is 24.1 Å². The highest BCUT2D eigenvalue weighted by atomic mass is 79.9. The molecule has 11 nitrogen and oxygen atoms in total. The van der Waals surface area contributed by atoms with E-state index in [1.165, 1.54) is 31.6 Å². The van der Waals surface area contributed by atoms with Gasteiger partial charge in [0, 0.05) is 56.2 Å². The molecule has 4 aromatic rings. The van der Waals surface area contributed by atoms with Crippen LogP contribution in [0.1, 0.15) is 18.4 Å². The summed E-state index contributed by atoms with van der Waals surface area (Å²) >= 11 is 3.57. The highest BCUT2D eigenvalue weighted by Gasteiger charge is 2.35. The maximum atomic E-state index is 13.3. The number of nitrogens with zero attached hydrogens (tertiary/aromatic N) is 7. The third-order valence-electron chi connectivity index (χ3n) is 8.75. The Morgan fingerprint density at radius 2 is 1.82 bits per heavy atom. The number of aromatic nitrogens is 4. The molecule has 0 radical (unpaired) electrons. The number of rotatable bonds is 9. The lowest BCUT2D eigenvalue weighted by Crippen LogP contribution is -2.62. The van der Waals surface area contributed by atoms with Gasteiger partial charge in [0.25, 0.3) is 0 Å². The summed E-state index contributed by atoms with van der Waals surface area (Å²) in [5, 5.41) is 11.1. The van der Waals surface area contributed by atoms with Crippen LogP contribution in [0.15, 0.2) is 47.2 Å². The largest absolute Gasteiger partial charge is 0.494 e. The van der Waals surface area contributed by atoms with Crippen LogP contribution in [0.25, 0.3) is 5.52 Å². The molecule has 6 rings (SSSR count). The van der Waals surface area contributed by atoms with Crippen LogP contribution >= 0.6 is 23.1 Å². The molecular weight excluding hydrogens is 641 g/mol. The summed E-state index contributed by atoms with van der Waals surface area (Å²) in [6, 6.07) is 11.3. The second-order valence-electron chi connectivity index (χ2n) is 12.4. The number of aryl methyl sites for hydroxylation is 1. The predicted octanol–water partition coefficient (Wildman–Crippen LogP) is 5.15. The van der Waals surface area contributed by atoms with Gasteiger partial charge in [0.15, 0.2) is 0 Å². The van der Waals surface area contributed by atoms with Crippen molar-refractivity contribution in [3.63, 3.8) is 0 Å². The summed E-state index contributed by atoms with van der Waals surface area (Å²) in [6.45, 7) is 10.0. The van der Waals surface area contributed by atoms with Gasteiger partial charge in [-0.05, 0) is 92.9 Å². The van der Waals surface area contributed by atoms with Crippen LogP contribution in [-0.4, -0.2) is 102 Å². The van der Waals surface area contributed by atoms with E-state index >= 15 is 0 Å². The average molecular weight is 683 g/mol. The van der Waals surface area contributed by atoms with E-state index in [0.717, 1.165) is 35.6 Å². The van der Waals surface area contributed by atoms with Gasteiger partial charge in [-0.25, -0.2) is 9.50 Å². The first-order chi connectivity index (χ1) is 21.0. The first kappa shape index (κ1) is 30.8. The van der Waals surface area contributed by atoms with Crippen molar-refractivity contribution in [2.75, 3.05) is 76.2 Å². The molecule has 0 bridgehead atoms. The summed E-state index contributed by atoms with van der Waals surface area (Å²) in [5.74, 6) is 1.68. The quantitative estimate of drug-likeness (QED) is 0.231. The maximum Gasteiger partial charge on any atom is 0.229 e. The number of likely N-dealkylation sites (tertiary alicyclic amines) is 1. The molecule has 2 saturated heterocycles. The molecule has 2 fully saturated rings. The molecule has 0 aliphatic carbocycles. The lowest BCUT2D eigenvalue weighted by atomic mass is 9.96. The topological polar surface area (TPSA) is 103 Å². The number of benzene rings is 1. The number of methoxy groups -OCH3 is 1. The average Bonchev–Trinajstić information content (AvgIpc) is 3.42. The molecule has 5 heterocycles. The minimum Gasteiger partial charge on any atom is -0.494 e. The summed E-state index contributed by atoms with van der Waals surface area (Å²) in [6.07, 6.45) is 5.74. The SMILES string of the molecule is COc1cc(N2CCC(N3CC(N(C)C)C3)CC2)c(C)cc1Nc1ncc(Br)c(Nc2ccc3ccnn3c2P(C)(C)=O)n1. The molecule has 0 saturated carbocycles. The molecule has 13 heteroatoms. The van der Waals surface area contributed by atoms with E-state index in [4.69, 9.17) is 9.72 Å². The molecule has 1 aromatic carbocycles. The van der Waals surface area contributed by atoms with Crippen molar-refractivity contribution in [1.29, 1.82) is 0 Å². The number of piperidine rings is 1. The van der Waals surface area contributed by atoms with Crippen LogP contribution in [0.5, 0.6) is 5.75 Å². The molecule has 44 heavy (non-hydrogen) atoms. The van der Waals surface area contributed by atoms with Crippen LogP contribution in [0.2, 0.25) is 0 Å². The Balaban J connectivity index is 1.19. The fraction of sp³-hybridized carbons (Fsp3) is 0.452. The second kappa shape index (κ2) is 12.3. The molecule has 2 N–H and O–H groups in total. The molecule has 0 spiro atoms. The van der Waals surface area contributed by atoms with Gasteiger partial charge in [0.2, 0.25) is 5.95 Å². The van der Waals surface area contributed by atoms with E-state index in [2.05, 4.69) is 84.5 Å². The van der Waals surface area contributed by atoms with Crippen molar-refractivity contribution in [3.05, 3.63) is 52.8 Å². The van der Waals surface area contributed by atoms with Crippen LogP contribution in [0.4, 0.5) is 28.8 Å². The summed E-state index contributed by atoms with van der Waals surface area (Å²) in [7, 11) is 3.34. The number of anilines is 5.